The zero-order valence-electron chi connectivity index (χ0n) is 9.57. The first kappa shape index (κ1) is 9.87. The standard InChI is InChI=1S/C12H17N3O/c1-2-15-10(4-7-14-15)9-8-13-11(16)12(9)5-3-6-12/h4,7,9H,2-3,5-6,8H2,1H3,(H,13,16)/t9-/m1/s1. The number of carbonyl (C=O) groups is 1. The van der Waals surface area contributed by atoms with Gasteiger partial charge in [0.2, 0.25) is 5.91 Å². The van der Waals surface area contributed by atoms with Crippen LogP contribution in [0.1, 0.15) is 37.8 Å². The van der Waals surface area contributed by atoms with E-state index in [9.17, 15) is 4.79 Å². The summed E-state index contributed by atoms with van der Waals surface area (Å²) < 4.78 is 2.02. The second-order valence-corrected chi connectivity index (χ2v) is 4.84. The molecule has 1 aliphatic heterocycles. The molecule has 1 spiro atoms. The van der Waals surface area contributed by atoms with Crippen molar-refractivity contribution in [2.45, 2.75) is 38.6 Å². The molecule has 1 aromatic rings. The maximum Gasteiger partial charge on any atom is 0.226 e. The smallest absolute Gasteiger partial charge is 0.226 e. The highest BCUT2D eigenvalue weighted by atomic mass is 16.2. The lowest BCUT2D eigenvalue weighted by Gasteiger charge is -2.40. The van der Waals surface area contributed by atoms with E-state index in [1.807, 2.05) is 10.9 Å². The summed E-state index contributed by atoms with van der Waals surface area (Å²) in [7, 11) is 0. The quantitative estimate of drug-likeness (QED) is 0.814. The second kappa shape index (κ2) is 3.34. The fourth-order valence-corrected chi connectivity index (χ4v) is 3.15. The fourth-order valence-electron chi connectivity index (χ4n) is 3.15. The van der Waals surface area contributed by atoms with Gasteiger partial charge in [-0.2, -0.15) is 5.10 Å². The van der Waals surface area contributed by atoms with Gasteiger partial charge in [0.1, 0.15) is 0 Å². The average Bonchev–Trinajstić information content (AvgIpc) is 2.79. The number of aryl methyl sites for hydroxylation is 1. The van der Waals surface area contributed by atoms with E-state index >= 15 is 0 Å². The first-order chi connectivity index (χ1) is 7.78. The third-order valence-corrected chi connectivity index (χ3v) is 4.24. The van der Waals surface area contributed by atoms with Crippen molar-refractivity contribution >= 4 is 5.91 Å². The lowest BCUT2D eigenvalue weighted by atomic mass is 9.61. The largest absolute Gasteiger partial charge is 0.355 e. The molecular formula is C12H17N3O. The number of aromatic nitrogens is 2. The molecule has 0 aromatic carbocycles. The van der Waals surface area contributed by atoms with Crippen molar-refractivity contribution in [2.24, 2.45) is 5.41 Å². The number of rotatable bonds is 2. The molecule has 1 amide bonds. The van der Waals surface area contributed by atoms with Gasteiger partial charge in [-0.15, -0.1) is 0 Å². The van der Waals surface area contributed by atoms with E-state index in [1.54, 1.807) is 0 Å². The molecule has 2 fully saturated rings. The van der Waals surface area contributed by atoms with Crippen molar-refractivity contribution in [1.82, 2.24) is 15.1 Å². The van der Waals surface area contributed by atoms with Gasteiger partial charge in [-0.1, -0.05) is 6.42 Å². The number of nitrogens with zero attached hydrogens (tertiary/aromatic N) is 2. The maximum atomic E-state index is 11.9. The Labute approximate surface area is 95.0 Å². The van der Waals surface area contributed by atoms with Crippen LogP contribution in [-0.2, 0) is 11.3 Å². The summed E-state index contributed by atoms with van der Waals surface area (Å²) in [6, 6.07) is 2.06. The van der Waals surface area contributed by atoms with E-state index in [1.165, 1.54) is 12.1 Å². The van der Waals surface area contributed by atoms with Crippen LogP contribution in [0.15, 0.2) is 12.3 Å². The van der Waals surface area contributed by atoms with Crippen LogP contribution in [0, 0.1) is 5.41 Å². The SMILES string of the molecule is CCn1nccc1[C@H]1CNC(=O)C12CCC2. The highest BCUT2D eigenvalue weighted by molar-refractivity contribution is 5.87. The fraction of sp³-hybridized carbons (Fsp3) is 0.667. The molecule has 2 heterocycles. The summed E-state index contributed by atoms with van der Waals surface area (Å²) in [5, 5.41) is 7.33. The van der Waals surface area contributed by atoms with Gasteiger partial charge in [0.05, 0.1) is 5.41 Å². The molecule has 4 nitrogen and oxygen atoms in total. The number of hydrogen-bond donors (Lipinski definition) is 1. The Hall–Kier alpha value is -1.32. The molecule has 1 N–H and O–H groups in total. The summed E-state index contributed by atoms with van der Waals surface area (Å²) in [5.74, 6) is 0.587. The summed E-state index contributed by atoms with van der Waals surface area (Å²) in [6.45, 7) is 3.75. The minimum absolute atomic E-state index is 0.104. The predicted molar refractivity (Wildman–Crippen MR) is 59.9 cm³/mol. The predicted octanol–water partition coefficient (Wildman–Crippen LogP) is 1.29. The van der Waals surface area contributed by atoms with E-state index in [4.69, 9.17) is 0 Å². The van der Waals surface area contributed by atoms with E-state index < -0.39 is 0 Å². The summed E-state index contributed by atoms with van der Waals surface area (Å²) in [6.07, 6.45) is 5.11. The van der Waals surface area contributed by atoms with E-state index in [-0.39, 0.29) is 11.3 Å². The normalized spacial score (nSPS) is 26.8. The van der Waals surface area contributed by atoms with Crippen LogP contribution in [0.25, 0.3) is 0 Å². The molecule has 0 bridgehead atoms. The van der Waals surface area contributed by atoms with Crippen LogP contribution in [0.4, 0.5) is 0 Å². The Morgan fingerprint density at radius 3 is 3.06 bits per heavy atom. The Morgan fingerprint density at radius 1 is 1.62 bits per heavy atom. The number of nitrogens with one attached hydrogen (secondary N) is 1. The molecule has 86 valence electrons. The molecule has 16 heavy (non-hydrogen) atoms. The van der Waals surface area contributed by atoms with Crippen molar-refractivity contribution in [3.05, 3.63) is 18.0 Å². The van der Waals surface area contributed by atoms with Crippen LogP contribution in [0.2, 0.25) is 0 Å². The number of amides is 1. The molecule has 0 unspecified atom stereocenters. The third kappa shape index (κ3) is 1.10. The second-order valence-electron chi connectivity index (χ2n) is 4.84. The number of carbonyl (C=O) groups excluding carboxylic acids is 1. The lowest BCUT2D eigenvalue weighted by molar-refractivity contribution is -0.132. The third-order valence-electron chi connectivity index (χ3n) is 4.24. The van der Waals surface area contributed by atoms with Crippen molar-refractivity contribution in [3.8, 4) is 0 Å². The topological polar surface area (TPSA) is 46.9 Å². The Morgan fingerprint density at radius 2 is 2.44 bits per heavy atom. The molecule has 1 aliphatic carbocycles. The van der Waals surface area contributed by atoms with Gasteiger partial charge in [-0.3, -0.25) is 9.48 Å². The molecule has 3 rings (SSSR count). The summed E-state index contributed by atoms with van der Waals surface area (Å²) in [4.78, 5) is 11.9. The van der Waals surface area contributed by atoms with Gasteiger partial charge in [0.15, 0.2) is 0 Å². The molecular weight excluding hydrogens is 202 g/mol. The monoisotopic (exact) mass is 219 g/mol. The summed E-state index contributed by atoms with van der Waals surface area (Å²) in [5.41, 5.74) is 1.12. The van der Waals surface area contributed by atoms with E-state index in [2.05, 4.69) is 23.4 Å². The van der Waals surface area contributed by atoms with Crippen molar-refractivity contribution in [1.29, 1.82) is 0 Å². The minimum atomic E-state index is -0.104. The minimum Gasteiger partial charge on any atom is -0.355 e. The molecule has 4 heteroatoms. The molecule has 1 aromatic heterocycles. The zero-order valence-corrected chi connectivity index (χ0v) is 9.57. The van der Waals surface area contributed by atoms with E-state index in [0.717, 1.165) is 25.9 Å². The van der Waals surface area contributed by atoms with Crippen molar-refractivity contribution < 1.29 is 4.79 Å². The van der Waals surface area contributed by atoms with Crippen LogP contribution < -0.4 is 5.32 Å². The molecule has 1 saturated heterocycles. The number of hydrogen-bond acceptors (Lipinski definition) is 2. The Bertz CT molecular complexity index is 420. The van der Waals surface area contributed by atoms with Gasteiger partial charge < -0.3 is 5.32 Å². The van der Waals surface area contributed by atoms with Crippen LogP contribution in [0.5, 0.6) is 0 Å². The maximum absolute atomic E-state index is 11.9. The van der Waals surface area contributed by atoms with Crippen LogP contribution in [-0.4, -0.2) is 22.2 Å². The van der Waals surface area contributed by atoms with Crippen LogP contribution >= 0.6 is 0 Å². The van der Waals surface area contributed by atoms with Gasteiger partial charge in [0.25, 0.3) is 0 Å². The Balaban J connectivity index is 1.98. The highest BCUT2D eigenvalue weighted by Crippen LogP contribution is 2.53. The summed E-state index contributed by atoms with van der Waals surface area (Å²) >= 11 is 0. The Kier molecular flexibility index (Phi) is 2.06. The molecule has 2 aliphatic rings. The van der Waals surface area contributed by atoms with Gasteiger partial charge in [-0.25, -0.2) is 0 Å². The lowest BCUT2D eigenvalue weighted by Crippen LogP contribution is -2.41. The van der Waals surface area contributed by atoms with Gasteiger partial charge >= 0.3 is 0 Å². The van der Waals surface area contributed by atoms with Crippen molar-refractivity contribution in [2.75, 3.05) is 6.54 Å². The average molecular weight is 219 g/mol. The first-order valence-corrected chi connectivity index (χ1v) is 6.08. The van der Waals surface area contributed by atoms with Gasteiger partial charge in [-0.05, 0) is 25.8 Å². The van der Waals surface area contributed by atoms with E-state index in [0.29, 0.717) is 5.92 Å². The molecule has 1 saturated carbocycles. The zero-order chi connectivity index (χ0) is 11.2. The highest BCUT2D eigenvalue weighted by Gasteiger charge is 2.55. The molecule has 1 atom stereocenters. The van der Waals surface area contributed by atoms with Crippen molar-refractivity contribution in [3.63, 3.8) is 0 Å². The van der Waals surface area contributed by atoms with Crippen LogP contribution in [0.3, 0.4) is 0 Å². The van der Waals surface area contributed by atoms with Gasteiger partial charge in [0, 0.05) is 30.9 Å². The first-order valence-electron chi connectivity index (χ1n) is 6.08. The molecule has 0 radical (unpaired) electrons.